The van der Waals surface area contributed by atoms with Gasteiger partial charge in [0.05, 0.1) is 6.61 Å². The van der Waals surface area contributed by atoms with Crippen LogP contribution in [0.5, 0.6) is 0 Å². The molecule has 0 saturated heterocycles. The Morgan fingerprint density at radius 2 is 1.36 bits per heavy atom. The molecule has 0 atom stereocenters. The summed E-state index contributed by atoms with van der Waals surface area (Å²) in [6, 6.07) is 0. The van der Waals surface area contributed by atoms with Gasteiger partial charge in [-0.3, -0.25) is 14.1 Å². The third-order valence-corrected chi connectivity index (χ3v) is 3.76. The smallest absolute Gasteiger partial charge is 0.305 e. The molecule has 0 aliphatic carbocycles. The van der Waals surface area contributed by atoms with E-state index < -0.39 is 21.8 Å². The maximum Gasteiger partial charge on any atom is 0.305 e. The summed E-state index contributed by atoms with van der Waals surface area (Å²) < 4.78 is 32.1. The van der Waals surface area contributed by atoms with Crippen LogP contribution in [0.4, 0.5) is 0 Å². The standard InChI is InChI=1S/C14H28O2.C2H5NO4S.K/c1-3-5-6-7-8-9-10-11-12-13-14(15)16-4-2;3-2(4)1-8(5,6)7;/h3-13H2,1-2H3;1H2,(H2,3,4)(H,5,6,7);. The zero-order chi connectivity index (χ0) is 18.8. The van der Waals surface area contributed by atoms with E-state index in [0.717, 1.165) is 6.42 Å². The van der Waals surface area contributed by atoms with Crippen molar-refractivity contribution in [2.24, 2.45) is 5.73 Å². The molecule has 3 N–H and O–H groups in total. The van der Waals surface area contributed by atoms with Crippen LogP contribution in [0, 0.1) is 0 Å². The summed E-state index contributed by atoms with van der Waals surface area (Å²) in [5.41, 5.74) is 4.40. The molecule has 0 heterocycles. The Hall–Kier alpha value is 0.486. The molecule has 0 rings (SSSR count). The van der Waals surface area contributed by atoms with Gasteiger partial charge in [-0.2, -0.15) is 8.42 Å². The van der Waals surface area contributed by atoms with Crippen molar-refractivity contribution in [2.75, 3.05) is 12.4 Å². The third-order valence-electron chi connectivity index (χ3n) is 3.11. The predicted octanol–water partition coefficient (Wildman–Crippen LogP) is 2.45. The Morgan fingerprint density at radius 3 is 1.68 bits per heavy atom. The minimum absolute atomic E-state index is 0. The van der Waals surface area contributed by atoms with Crippen LogP contribution in [0.2, 0.25) is 0 Å². The van der Waals surface area contributed by atoms with Crippen LogP contribution in [-0.2, 0) is 24.4 Å². The molecule has 0 aliphatic rings. The summed E-state index contributed by atoms with van der Waals surface area (Å²) in [6.45, 7) is 4.61. The van der Waals surface area contributed by atoms with Gasteiger partial charge in [0.25, 0.3) is 10.1 Å². The molecule has 0 unspecified atom stereocenters. The molecule has 0 aromatic heterocycles. The summed E-state index contributed by atoms with van der Waals surface area (Å²) in [5, 5.41) is 0. The molecule has 145 valence electrons. The van der Waals surface area contributed by atoms with Gasteiger partial charge in [-0.25, -0.2) is 0 Å². The van der Waals surface area contributed by atoms with Gasteiger partial charge in [0.1, 0.15) is 0 Å². The fourth-order valence-corrected chi connectivity index (χ4v) is 2.35. The molecule has 9 heteroatoms. The number of hydrogen-bond donors (Lipinski definition) is 2. The Bertz CT molecular complexity index is 428. The van der Waals surface area contributed by atoms with E-state index in [4.69, 9.17) is 9.29 Å². The maximum atomic E-state index is 11.0. The first kappa shape index (κ1) is 30.2. The number of nitrogens with two attached hydrogens (primary N) is 1. The fourth-order valence-electron chi connectivity index (χ4n) is 1.99. The topological polar surface area (TPSA) is 124 Å². The number of rotatable bonds is 13. The molecule has 1 amide bonds. The van der Waals surface area contributed by atoms with Crippen molar-refractivity contribution in [3.05, 3.63) is 0 Å². The second kappa shape index (κ2) is 20.8. The average Bonchev–Trinajstić information content (AvgIpc) is 2.44. The first-order chi connectivity index (χ1) is 11.2. The van der Waals surface area contributed by atoms with Crippen LogP contribution in [0.25, 0.3) is 0 Å². The van der Waals surface area contributed by atoms with Gasteiger partial charge < -0.3 is 10.5 Å². The number of carbonyl (C=O) groups is 2. The summed E-state index contributed by atoms with van der Waals surface area (Å²) in [6.07, 6.45) is 12.2. The van der Waals surface area contributed by atoms with E-state index in [2.05, 4.69) is 12.7 Å². The SMILES string of the molecule is CCCCCCCCCCCC(=O)OCC.NC(=O)CS(=O)(=O)O.[K]. The molecule has 0 bridgehead atoms. The van der Waals surface area contributed by atoms with Gasteiger partial charge in [-0.1, -0.05) is 58.3 Å². The maximum absolute atomic E-state index is 11.0. The van der Waals surface area contributed by atoms with E-state index in [9.17, 15) is 18.0 Å². The van der Waals surface area contributed by atoms with Crippen molar-refractivity contribution in [3.8, 4) is 0 Å². The van der Waals surface area contributed by atoms with Crippen LogP contribution in [-0.4, -0.2) is 88.6 Å². The number of amides is 1. The zero-order valence-electron chi connectivity index (χ0n) is 16.0. The van der Waals surface area contributed by atoms with E-state index in [1.807, 2.05) is 6.92 Å². The van der Waals surface area contributed by atoms with Crippen molar-refractivity contribution in [1.29, 1.82) is 0 Å². The summed E-state index contributed by atoms with van der Waals surface area (Å²) in [7, 11) is -4.20. The molecule has 0 aromatic rings. The van der Waals surface area contributed by atoms with Crippen molar-refractivity contribution in [3.63, 3.8) is 0 Å². The Labute approximate surface area is 195 Å². The molecular formula is C16H33KNO6S. The van der Waals surface area contributed by atoms with E-state index >= 15 is 0 Å². The number of hydrogen-bond acceptors (Lipinski definition) is 5. The Balaban J connectivity index is -0.000000457. The average molecular weight is 407 g/mol. The van der Waals surface area contributed by atoms with E-state index in [1.165, 1.54) is 51.4 Å². The quantitative estimate of drug-likeness (QED) is 0.209. The van der Waals surface area contributed by atoms with Crippen LogP contribution in [0.15, 0.2) is 0 Å². The van der Waals surface area contributed by atoms with Crippen molar-refractivity contribution >= 4 is 73.4 Å². The second-order valence-electron chi connectivity index (χ2n) is 5.58. The van der Waals surface area contributed by atoms with Gasteiger partial charge in [0.2, 0.25) is 5.91 Å². The Kier molecular flexibility index (Phi) is 25.1. The van der Waals surface area contributed by atoms with Crippen LogP contribution in [0.3, 0.4) is 0 Å². The molecule has 1 radical (unpaired) electrons. The molecule has 0 fully saturated rings. The second-order valence-corrected chi connectivity index (χ2v) is 7.03. The monoisotopic (exact) mass is 406 g/mol. The predicted molar refractivity (Wildman–Crippen MR) is 99.8 cm³/mol. The van der Waals surface area contributed by atoms with Crippen LogP contribution >= 0.6 is 0 Å². The van der Waals surface area contributed by atoms with Gasteiger partial charge in [-0.05, 0) is 13.3 Å². The first-order valence-electron chi connectivity index (χ1n) is 8.62. The Morgan fingerprint density at radius 1 is 0.920 bits per heavy atom. The summed E-state index contributed by atoms with van der Waals surface area (Å²) in [5.74, 6) is -2.11. The summed E-state index contributed by atoms with van der Waals surface area (Å²) >= 11 is 0. The molecule has 0 aliphatic heterocycles. The van der Waals surface area contributed by atoms with Gasteiger partial charge in [-0.15, -0.1) is 0 Å². The molecule has 0 saturated carbocycles. The molecule has 7 nitrogen and oxygen atoms in total. The van der Waals surface area contributed by atoms with Gasteiger partial charge >= 0.3 is 5.97 Å². The number of ether oxygens (including phenoxy) is 1. The normalized spacial score (nSPS) is 10.2. The number of esters is 1. The van der Waals surface area contributed by atoms with E-state index in [-0.39, 0.29) is 57.4 Å². The molecule has 0 aromatic carbocycles. The first-order valence-corrected chi connectivity index (χ1v) is 10.2. The minimum Gasteiger partial charge on any atom is -0.466 e. The number of unbranched alkanes of at least 4 members (excludes halogenated alkanes) is 8. The molecule has 25 heavy (non-hydrogen) atoms. The minimum atomic E-state index is -4.20. The van der Waals surface area contributed by atoms with Gasteiger partial charge in [0, 0.05) is 57.8 Å². The van der Waals surface area contributed by atoms with Crippen molar-refractivity contribution < 1.29 is 27.3 Å². The molecule has 0 spiro atoms. The van der Waals surface area contributed by atoms with E-state index in [1.54, 1.807) is 0 Å². The molecular weight excluding hydrogens is 373 g/mol. The summed E-state index contributed by atoms with van der Waals surface area (Å²) in [4.78, 5) is 20.7. The van der Waals surface area contributed by atoms with Crippen LogP contribution < -0.4 is 5.73 Å². The van der Waals surface area contributed by atoms with Gasteiger partial charge in [0.15, 0.2) is 5.75 Å². The van der Waals surface area contributed by atoms with Crippen molar-refractivity contribution in [1.82, 2.24) is 0 Å². The number of carbonyl (C=O) groups excluding carboxylic acids is 2. The fraction of sp³-hybridized carbons (Fsp3) is 0.875. The van der Waals surface area contributed by atoms with Crippen LogP contribution in [0.1, 0.15) is 78.1 Å². The van der Waals surface area contributed by atoms with Crippen molar-refractivity contribution in [2.45, 2.75) is 78.1 Å². The number of primary amides is 1. The zero-order valence-corrected chi connectivity index (χ0v) is 19.9. The largest absolute Gasteiger partial charge is 0.466 e. The third kappa shape index (κ3) is 32.6. The van der Waals surface area contributed by atoms with E-state index in [0.29, 0.717) is 13.0 Å².